The molecule has 0 bridgehead atoms. The highest BCUT2D eigenvalue weighted by Gasteiger charge is 2.46. The maximum absolute atomic E-state index is 14.2. The van der Waals surface area contributed by atoms with Crippen LogP contribution in [0.1, 0.15) is 44.4 Å². The van der Waals surface area contributed by atoms with E-state index in [-0.39, 0.29) is 30.3 Å². The zero-order valence-corrected chi connectivity index (χ0v) is 24.4. The molecule has 0 aromatic heterocycles. The van der Waals surface area contributed by atoms with Crippen LogP contribution in [0.5, 0.6) is 11.5 Å². The maximum Gasteiger partial charge on any atom is 0.322 e. The van der Waals surface area contributed by atoms with Gasteiger partial charge in [0.25, 0.3) is 5.91 Å². The summed E-state index contributed by atoms with van der Waals surface area (Å²) < 4.78 is 6.03. The number of para-hydroxylation sites is 1. The second kappa shape index (κ2) is 12.9. The number of benzene rings is 3. The Morgan fingerprint density at radius 2 is 1.67 bits per heavy atom. The standard InChI is InChI=1S/C34H38N4O4/c1-4-37-29-22-38(28(20-23(2)3)32(39)35-19-18-24-12-7-5-8-13-24)33(40)30(29)31(36-34(37)41)25-14-11-17-27(21-25)42-26-15-9-6-10-16-26/h5-17,21,23,28,31H,4,18-20,22H2,1-3H3,(H,35,39)(H,36,41)/t28-,31+/m1/s1. The zero-order valence-electron chi connectivity index (χ0n) is 24.4. The summed E-state index contributed by atoms with van der Waals surface area (Å²) in [6.45, 7) is 7.06. The molecule has 0 radical (unpaired) electrons. The molecule has 2 aliphatic heterocycles. The summed E-state index contributed by atoms with van der Waals surface area (Å²) in [5, 5.41) is 6.09. The minimum absolute atomic E-state index is 0.176. The zero-order chi connectivity index (χ0) is 29.6. The molecule has 0 aliphatic carbocycles. The summed E-state index contributed by atoms with van der Waals surface area (Å²) >= 11 is 0. The molecule has 3 aromatic rings. The van der Waals surface area contributed by atoms with E-state index < -0.39 is 12.1 Å². The summed E-state index contributed by atoms with van der Waals surface area (Å²) in [6.07, 6.45) is 1.22. The Labute approximate surface area is 247 Å². The molecule has 2 aliphatic rings. The largest absolute Gasteiger partial charge is 0.457 e. The van der Waals surface area contributed by atoms with Crippen LogP contribution in [-0.2, 0) is 16.0 Å². The molecule has 0 saturated heterocycles. The van der Waals surface area contributed by atoms with Gasteiger partial charge in [0.15, 0.2) is 0 Å². The van der Waals surface area contributed by atoms with Crippen LogP contribution in [0.2, 0.25) is 0 Å². The predicted octanol–water partition coefficient (Wildman–Crippen LogP) is 5.44. The van der Waals surface area contributed by atoms with E-state index in [2.05, 4.69) is 10.6 Å². The number of nitrogens with zero attached hydrogens (tertiary/aromatic N) is 2. The fourth-order valence-corrected chi connectivity index (χ4v) is 5.65. The molecule has 0 fully saturated rings. The first-order valence-corrected chi connectivity index (χ1v) is 14.6. The van der Waals surface area contributed by atoms with Crippen molar-refractivity contribution in [2.45, 2.75) is 45.7 Å². The molecule has 0 unspecified atom stereocenters. The molecule has 218 valence electrons. The number of hydrogen-bond acceptors (Lipinski definition) is 4. The third kappa shape index (κ3) is 6.33. The van der Waals surface area contributed by atoms with Crippen LogP contribution >= 0.6 is 0 Å². The molecule has 4 amide bonds. The average Bonchev–Trinajstić information content (AvgIpc) is 3.33. The monoisotopic (exact) mass is 566 g/mol. The third-order valence-corrected chi connectivity index (χ3v) is 7.67. The van der Waals surface area contributed by atoms with Gasteiger partial charge in [-0.1, -0.05) is 74.5 Å². The fourth-order valence-electron chi connectivity index (χ4n) is 5.65. The van der Waals surface area contributed by atoms with Gasteiger partial charge in [-0.25, -0.2) is 4.79 Å². The second-order valence-electron chi connectivity index (χ2n) is 11.1. The lowest BCUT2D eigenvalue weighted by atomic mass is 9.95. The summed E-state index contributed by atoms with van der Waals surface area (Å²) in [5.41, 5.74) is 3.02. The van der Waals surface area contributed by atoms with Gasteiger partial charge in [-0.05, 0) is 61.1 Å². The Balaban J connectivity index is 1.39. The smallest absolute Gasteiger partial charge is 0.322 e. The molecule has 2 heterocycles. The summed E-state index contributed by atoms with van der Waals surface area (Å²) in [5.74, 6) is 1.07. The number of urea groups is 1. The molecular weight excluding hydrogens is 528 g/mol. The molecule has 3 aromatic carbocycles. The Hall–Kier alpha value is -4.59. The van der Waals surface area contributed by atoms with Crippen molar-refractivity contribution in [2.75, 3.05) is 19.6 Å². The molecule has 8 heteroatoms. The van der Waals surface area contributed by atoms with E-state index in [0.717, 1.165) is 11.1 Å². The van der Waals surface area contributed by atoms with Crippen molar-refractivity contribution in [1.82, 2.24) is 20.4 Å². The van der Waals surface area contributed by atoms with Crippen LogP contribution in [0, 0.1) is 5.92 Å². The summed E-state index contributed by atoms with van der Waals surface area (Å²) in [6, 6.07) is 25.3. The molecule has 0 spiro atoms. The van der Waals surface area contributed by atoms with Gasteiger partial charge >= 0.3 is 6.03 Å². The van der Waals surface area contributed by atoms with E-state index >= 15 is 0 Å². The Kier molecular flexibility index (Phi) is 8.91. The van der Waals surface area contributed by atoms with Gasteiger partial charge in [-0.15, -0.1) is 0 Å². The number of amides is 4. The quantitative estimate of drug-likeness (QED) is 0.324. The van der Waals surface area contributed by atoms with Gasteiger partial charge in [0.1, 0.15) is 17.5 Å². The van der Waals surface area contributed by atoms with Crippen molar-refractivity contribution >= 4 is 17.8 Å². The number of ether oxygens (including phenoxy) is 1. The molecular formula is C34H38N4O4. The van der Waals surface area contributed by atoms with E-state index in [1.165, 1.54) is 0 Å². The number of hydrogen-bond donors (Lipinski definition) is 2. The average molecular weight is 567 g/mol. The van der Waals surface area contributed by atoms with Gasteiger partial charge in [-0.2, -0.15) is 0 Å². The van der Waals surface area contributed by atoms with Crippen molar-refractivity contribution in [3.8, 4) is 11.5 Å². The van der Waals surface area contributed by atoms with Crippen LogP contribution in [-0.4, -0.2) is 53.3 Å². The number of carbonyl (C=O) groups excluding carboxylic acids is 3. The van der Waals surface area contributed by atoms with Gasteiger partial charge in [0.05, 0.1) is 23.9 Å². The van der Waals surface area contributed by atoms with Gasteiger partial charge in [0, 0.05) is 13.1 Å². The first-order chi connectivity index (χ1) is 20.4. The molecule has 5 rings (SSSR count). The minimum Gasteiger partial charge on any atom is -0.457 e. The van der Waals surface area contributed by atoms with E-state index in [0.29, 0.717) is 48.7 Å². The molecule has 2 atom stereocenters. The number of nitrogens with one attached hydrogen (secondary N) is 2. The fraction of sp³-hybridized carbons (Fsp3) is 0.324. The third-order valence-electron chi connectivity index (χ3n) is 7.67. The second-order valence-corrected chi connectivity index (χ2v) is 11.1. The lowest BCUT2D eigenvalue weighted by Gasteiger charge is -2.33. The summed E-state index contributed by atoms with van der Waals surface area (Å²) in [7, 11) is 0. The number of likely N-dealkylation sites (N-methyl/N-ethyl adjacent to an activating group) is 1. The van der Waals surface area contributed by atoms with Crippen LogP contribution in [0.3, 0.4) is 0 Å². The first kappa shape index (κ1) is 28.9. The lowest BCUT2D eigenvalue weighted by Crippen LogP contribution is -2.49. The van der Waals surface area contributed by atoms with Crippen LogP contribution in [0.4, 0.5) is 4.79 Å². The van der Waals surface area contributed by atoms with Crippen LogP contribution < -0.4 is 15.4 Å². The number of rotatable bonds is 11. The Morgan fingerprint density at radius 3 is 2.36 bits per heavy atom. The topological polar surface area (TPSA) is 91.0 Å². The molecule has 0 saturated carbocycles. The normalized spacial score (nSPS) is 17.3. The molecule has 42 heavy (non-hydrogen) atoms. The highest BCUT2D eigenvalue weighted by atomic mass is 16.5. The predicted molar refractivity (Wildman–Crippen MR) is 162 cm³/mol. The highest BCUT2D eigenvalue weighted by molar-refractivity contribution is 6.03. The van der Waals surface area contributed by atoms with Crippen LogP contribution in [0.15, 0.2) is 96.2 Å². The minimum atomic E-state index is -0.659. The van der Waals surface area contributed by atoms with Crippen molar-refractivity contribution in [1.29, 1.82) is 0 Å². The van der Waals surface area contributed by atoms with Crippen LogP contribution in [0.25, 0.3) is 0 Å². The van der Waals surface area contributed by atoms with E-state index in [1.54, 1.807) is 9.80 Å². The van der Waals surface area contributed by atoms with E-state index in [9.17, 15) is 14.4 Å². The maximum atomic E-state index is 14.2. The first-order valence-electron chi connectivity index (χ1n) is 14.6. The molecule has 2 N–H and O–H groups in total. The Bertz CT molecular complexity index is 1450. The van der Waals surface area contributed by atoms with Crippen molar-refractivity contribution in [3.63, 3.8) is 0 Å². The van der Waals surface area contributed by atoms with E-state index in [1.807, 2.05) is 106 Å². The Morgan fingerprint density at radius 1 is 0.976 bits per heavy atom. The van der Waals surface area contributed by atoms with Crippen molar-refractivity contribution in [3.05, 3.63) is 107 Å². The van der Waals surface area contributed by atoms with E-state index in [4.69, 9.17) is 4.74 Å². The van der Waals surface area contributed by atoms with Crippen molar-refractivity contribution in [2.24, 2.45) is 5.92 Å². The molecule has 8 nitrogen and oxygen atoms in total. The van der Waals surface area contributed by atoms with Gasteiger partial charge < -0.3 is 20.3 Å². The lowest BCUT2D eigenvalue weighted by molar-refractivity contribution is -0.137. The van der Waals surface area contributed by atoms with Gasteiger partial charge in [-0.3, -0.25) is 14.5 Å². The number of carbonyl (C=O) groups is 3. The van der Waals surface area contributed by atoms with Gasteiger partial charge in [0.2, 0.25) is 5.91 Å². The summed E-state index contributed by atoms with van der Waals surface area (Å²) in [4.78, 5) is 44.2. The SMILES string of the molecule is CCN1C(=O)N[C@@H](c2cccc(Oc3ccccc3)c2)C2=C1CN([C@H](CC(C)C)C(=O)NCCc1ccccc1)C2=O. The highest BCUT2D eigenvalue weighted by Crippen LogP contribution is 2.38. The van der Waals surface area contributed by atoms with Crippen molar-refractivity contribution < 1.29 is 19.1 Å².